The van der Waals surface area contributed by atoms with E-state index in [2.05, 4.69) is 22.8 Å². The highest BCUT2D eigenvalue weighted by molar-refractivity contribution is 5.96. The second-order valence-electron chi connectivity index (χ2n) is 6.72. The lowest BCUT2D eigenvalue weighted by Gasteiger charge is -2.07. The Balaban J connectivity index is 1.48. The van der Waals surface area contributed by atoms with Crippen molar-refractivity contribution in [3.05, 3.63) is 76.1 Å². The van der Waals surface area contributed by atoms with E-state index in [-0.39, 0.29) is 17.5 Å². The summed E-state index contributed by atoms with van der Waals surface area (Å²) < 4.78 is 10.9. The van der Waals surface area contributed by atoms with Crippen LogP contribution in [0.25, 0.3) is 11.0 Å². The molecule has 0 bridgehead atoms. The van der Waals surface area contributed by atoms with Crippen molar-refractivity contribution in [1.29, 1.82) is 0 Å². The molecule has 0 radical (unpaired) electrons. The van der Waals surface area contributed by atoms with E-state index in [1.165, 1.54) is 12.5 Å². The van der Waals surface area contributed by atoms with E-state index in [0.717, 1.165) is 12.8 Å². The number of unbranched alkanes of at least 4 members (excludes halogenated alkanes) is 1. The van der Waals surface area contributed by atoms with Crippen molar-refractivity contribution >= 4 is 29.0 Å². The smallest absolute Gasteiger partial charge is 0.259 e. The minimum atomic E-state index is -0.533. The first-order chi connectivity index (χ1) is 15.1. The lowest BCUT2D eigenvalue weighted by atomic mass is 10.2. The molecule has 1 aromatic heterocycles. The monoisotopic (exact) mass is 421 g/mol. The molecule has 2 aromatic carbocycles. The van der Waals surface area contributed by atoms with E-state index in [0.29, 0.717) is 28.9 Å². The van der Waals surface area contributed by atoms with E-state index >= 15 is 0 Å². The van der Waals surface area contributed by atoms with Gasteiger partial charge < -0.3 is 14.5 Å². The Kier molecular flexibility index (Phi) is 7.53. The van der Waals surface area contributed by atoms with Crippen LogP contribution in [0.1, 0.15) is 35.7 Å². The summed E-state index contributed by atoms with van der Waals surface area (Å²) in [5.74, 6) is -0.237. The summed E-state index contributed by atoms with van der Waals surface area (Å²) in [7, 11) is 0. The normalized spacial score (nSPS) is 10.9. The Morgan fingerprint density at radius 1 is 1.13 bits per heavy atom. The number of nitrogens with zero attached hydrogens (tertiary/aromatic N) is 1. The SMILES string of the molecule is CCCCOc1ccc(C(=O)NCC(=O)N/N=C\c2coc3ccccc3c2=O)cc1. The van der Waals surface area contributed by atoms with E-state index < -0.39 is 11.8 Å². The Morgan fingerprint density at radius 2 is 1.90 bits per heavy atom. The molecule has 0 atom stereocenters. The van der Waals surface area contributed by atoms with Crippen molar-refractivity contribution in [3.63, 3.8) is 0 Å². The Labute approximate surface area is 178 Å². The first kappa shape index (κ1) is 21.8. The summed E-state index contributed by atoms with van der Waals surface area (Å²) in [5, 5.41) is 6.69. The molecule has 1 heterocycles. The van der Waals surface area contributed by atoms with Gasteiger partial charge in [-0.1, -0.05) is 25.5 Å². The van der Waals surface area contributed by atoms with Crippen LogP contribution >= 0.6 is 0 Å². The van der Waals surface area contributed by atoms with Gasteiger partial charge >= 0.3 is 0 Å². The fourth-order valence-corrected chi connectivity index (χ4v) is 2.69. The molecule has 0 fully saturated rings. The molecule has 0 aliphatic heterocycles. The first-order valence-electron chi connectivity index (χ1n) is 9.92. The largest absolute Gasteiger partial charge is 0.494 e. The van der Waals surface area contributed by atoms with Gasteiger partial charge in [0.25, 0.3) is 11.8 Å². The van der Waals surface area contributed by atoms with Crippen molar-refractivity contribution in [2.24, 2.45) is 5.10 Å². The average Bonchev–Trinajstić information content (AvgIpc) is 2.80. The molecule has 2 amide bonds. The Bertz CT molecular complexity index is 1140. The second kappa shape index (κ2) is 10.7. The number of hydrogen-bond acceptors (Lipinski definition) is 6. The van der Waals surface area contributed by atoms with Gasteiger partial charge in [-0.15, -0.1) is 0 Å². The zero-order chi connectivity index (χ0) is 22.1. The predicted octanol–water partition coefficient (Wildman–Crippen LogP) is 2.85. The number of carbonyl (C=O) groups is 2. The van der Waals surface area contributed by atoms with Crippen LogP contribution in [-0.2, 0) is 4.79 Å². The molecule has 8 nitrogen and oxygen atoms in total. The maximum Gasteiger partial charge on any atom is 0.259 e. The third-order valence-electron chi connectivity index (χ3n) is 4.39. The summed E-state index contributed by atoms with van der Waals surface area (Å²) in [5.41, 5.74) is 3.09. The molecule has 8 heteroatoms. The zero-order valence-electron chi connectivity index (χ0n) is 17.1. The zero-order valence-corrected chi connectivity index (χ0v) is 17.1. The van der Waals surface area contributed by atoms with Gasteiger partial charge in [0, 0.05) is 5.56 Å². The molecule has 2 N–H and O–H groups in total. The van der Waals surface area contributed by atoms with Gasteiger partial charge in [0.2, 0.25) is 5.43 Å². The van der Waals surface area contributed by atoms with E-state index in [4.69, 9.17) is 9.15 Å². The minimum absolute atomic E-state index is 0.198. The summed E-state index contributed by atoms with van der Waals surface area (Å²) >= 11 is 0. The summed E-state index contributed by atoms with van der Waals surface area (Å²) in [4.78, 5) is 36.4. The minimum Gasteiger partial charge on any atom is -0.494 e. The lowest BCUT2D eigenvalue weighted by Crippen LogP contribution is -2.35. The lowest BCUT2D eigenvalue weighted by molar-refractivity contribution is -0.120. The molecule has 3 aromatic rings. The molecule has 0 spiro atoms. The van der Waals surface area contributed by atoms with Gasteiger partial charge in [0.1, 0.15) is 17.6 Å². The van der Waals surface area contributed by atoms with Gasteiger partial charge in [0.15, 0.2) is 0 Å². The topological polar surface area (TPSA) is 110 Å². The molecule has 0 aliphatic carbocycles. The molecule has 31 heavy (non-hydrogen) atoms. The molecule has 0 unspecified atom stereocenters. The van der Waals surface area contributed by atoms with Crippen LogP contribution in [0.15, 0.2) is 69.1 Å². The van der Waals surface area contributed by atoms with Gasteiger partial charge in [-0.2, -0.15) is 5.10 Å². The molecular weight excluding hydrogens is 398 g/mol. The first-order valence-corrected chi connectivity index (χ1v) is 9.92. The third kappa shape index (κ3) is 6.02. The van der Waals surface area contributed by atoms with E-state index in [9.17, 15) is 14.4 Å². The van der Waals surface area contributed by atoms with Crippen LogP contribution in [0.3, 0.4) is 0 Å². The number of nitrogens with one attached hydrogen (secondary N) is 2. The van der Waals surface area contributed by atoms with Crippen LogP contribution in [0.5, 0.6) is 5.75 Å². The van der Waals surface area contributed by atoms with Gasteiger partial charge in [-0.25, -0.2) is 5.43 Å². The number of para-hydroxylation sites is 1. The number of carbonyl (C=O) groups excluding carboxylic acids is 2. The summed E-state index contributed by atoms with van der Waals surface area (Å²) in [6, 6.07) is 13.5. The molecule has 0 aliphatic rings. The molecule has 160 valence electrons. The van der Waals surface area contributed by atoms with Crippen LogP contribution in [-0.4, -0.2) is 31.2 Å². The fraction of sp³-hybridized carbons (Fsp3) is 0.217. The number of amides is 2. The van der Waals surface area contributed by atoms with Gasteiger partial charge in [-0.3, -0.25) is 14.4 Å². The quantitative estimate of drug-likeness (QED) is 0.314. The van der Waals surface area contributed by atoms with E-state index in [1.807, 2.05) is 0 Å². The predicted molar refractivity (Wildman–Crippen MR) is 117 cm³/mol. The van der Waals surface area contributed by atoms with Gasteiger partial charge in [0.05, 0.1) is 30.3 Å². The maximum atomic E-state index is 12.3. The molecule has 3 rings (SSSR count). The highest BCUT2D eigenvalue weighted by atomic mass is 16.5. The Morgan fingerprint density at radius 3 is 2.68 bits per heavy atom. The number of ether oxygens (including phenoxy) is 1. The van der Waals surface area contributed by atoms with Crippen molar-refractivity contribution in [2.45, 2.75) is 19.8 Å². The van der Waals surface area contributed by atoms with Crippen molar-refractivity contribution in [3.8, 4) is 5.75 Å². The maximum absolute atomic E-state index is 12.3. The van der Waals surface area contributed by atoms with Crippen LogP contribution in [0.4, 0.5) is 0 Å². The molecule has 0 saturated carbocycles. The fourth-order valence-electron chi connectivity index (χ4n) is 2.69. The van der Waals surface area contributed by atoms with Gasteiger partial charge in [-0.05, 0) is 42.8 Å². The number of benzene rings is 2. The van der Waals surface area contributed by atoms with Crippen LogP contribution < -0.4 is 20.9 Å². The number of fused-ring (bicyclic) bond motifs is 1. The highest BCUT2D eigenvalue weighted by Crippen LogP contribution is 2.13. The molecular formula is C23H23N3O5. The average molecular weight is 421 g/mol. The van der Waals surface area contributed by atoms with Crippen molar-refractivity contribution in [2.75, 3.05) is 13.2 Å². The summed E-state index contributed by atoms with van der Waals surface area (Å²) in [6.45, 7) is 2.44. The summed E-state index contributed by atoms with van der Waals surface area (Å²) in [6.07, 6.45) is 4.49. The third-order valence-corrected chi connectivity index (χ3v) is 4.39. The van der Waals surface area contributed by atoms with Crippen molar-refractivity contribution in [1.82, 2.24) is 10.7 Å². The number of hydrogen-bond donors (Lipinski definition) is 2. The molecule has 0 saturated heterocycles. The highest BCUT2D eigenvalue weighted by Gasteiger charge is 2.08. The van der Waals surface area contributed by atoms with Crippen molar-refractivity contribution < 1.29 is 18.7 Å². The van der Waals surface area contributed by atoms with Crippen LogP contribution in [0.2, 0.25) is 0 Å². The Hall–Kier alpha value is -3.94. The number of hydrazone groups is 1. The number of rotatable bonds is 9. The van der Waals surface area contributed by atoms with E-state index in [1.54, 1.807) is 48.5 Å². The van der Waals surface area contributed by atoms with Crippen LogP contribution in [0, 0.1) is 0 Å². The second-order valence-corrected chi connectivity index (χ2v) is 6.72. The standard InChI is InChI=1S/C23H23N3O5/c1-2-3-12-30-18-10-8-16(9-11-18)23(29)24-14-21(27)26-25-13-17-15-31-20-7-5-4-6-19(20)22(17)28/h4-11,13,15H,2-3,12,14H2,1H3,(H,24,29)(H,26,27)/b25-13-.